The molecule has 1 rings (SSSR count). The Hall–Kier alpha value is -0.0800. The third kappa shape index (κ3) is 4.19. The van der Waals surface area contributed by atoms with Gasteiger partial charge < -0.3 is 10.2 Å². The van der Waals surface area contributed by atoms with E-state index < -0.39 is 0 Å². The van der Waals surface area contributed by atoms with Crippen LogP contribution in [0.3, 0.4) is 0 Å². The van der Waals surface area contributed by atoms with Gasteiger partial charge in [-0.05, 0) is 52.2 Å². The van der Waals surface area contributed by atoms with Crippen LogP contribution in [0, 0.1) is 11.8 Å². The van der Waals surface area contributed by atoms with Crippen LogP contribution in [0.1, 0.15) is 65.7 Å². The van der Waals surface area contributed by atoms with Crippen molar-refractivity contribution in [1.82, 2.24) is 10.2 Å². The third-order valence-corrected chi connectivity index (χ3v) is 5.32. The van der Waals surface area contributed by atoms with Crippen LogP contribution in [0.2, 0.25) is 0 Å². The lowest BCUT2D eigenvalue weighted by molar-refractivity contribution is 0.0315. The lowest BCUT2D eigenvalue weighted by atomic mass is 9.69. The normalized spacial score (nSPS) is 31.4. The summed E-state index contributed by atoms with van der Waals surface area (Å²) in [6.45, 7) is 7.15. The summed E-state index contributed by atoms with van der Waals surface area (Å²) in [5, 5.41) is 3.66. The molecule has 2 nitrogen and oxygen atoms in total. The molecule has 0 aromatic rings. The Bertz CT molecular complexity index is 252. The second kappa shape index (κ2) is 7.64. The summed E-state index contributed by atoms with van der Waals surface area (Å²) < 4.78 is 0. The van der Waals surface area contributed by atoms with Gasteiger partial charge in [0.25, 0.3) is 0 Å². The summed E-state index contributed by atoms with van der Waals surface area (Å²) in [7, 11) is 6.73. The molecule has 0 aliphatic heterocycles. The average molecular weight is 268 g/mol. The minimum absolute atomic E-state index is 0.369. The van der Waals surface area contributed by atoms with Gasteiger partial charge in [-0.1, -0.05) is 46.5 Å². The molecule has 1 aliphatic carbocycles. The Morgan fingerprint density at radius 1 is 1.37 bits per heavy atom. The second-order valence-electron chi connectivity index (χ2n) is 7.17. The molecule has 0 bridgehead atoms. The molecular formula is C17H36N2. The molecule has 0 heterocycles. The van der Waals surface area contributed by atoms with Gasteiger partial charge in [0.05, 0.1) is 0 Å². The number of rotatable bonds is 7. The molecule has 1 saturated carbocycles. The first kappa shape index (κ1) is 17.0. The number of nitrogens with zero attached hydrogens (tertiary/aromatic N) is 1. The van der Waals surface area contributed by atoms with Crippen LogP contribution in [0.25, 0.3) is 0 Å². The molecule has 4 unspecified atom stereocenters. The monoisotopic (exact) mass is 268 g/mol. The van der Waals surface area contributed by atoms with Gasteiger partial charge in [-0.2, -0.15) is 0 Å². The molecule has 0 aromatic carbocycles. The van der Waals surface area contributed by atoms with Crippen LogP contribution in [0.15, 0.2) is 0 Å². The van der Waals surface area contributed by atoms with E-state index in [-0.39, 0.29) is 0 Å². The maximum Gasteiger partial charge on any atom is 0.0358 e. The molecule has 1 N–H and O–H groups in total. The fourth-order valence-corrected chi connectivity index (χ4v) is 4.22. The largest absolute Gasteiger partial charge is 0.315 e. The molecular weight excluding hydrogens is 232 g/mol. The Kier molecular flexibility index (Phi) is 6.82. The highest BCUT2D eigenvalue weighted by Gasteiger charge is 2.43. The first-order valence-corrected chi connectivity index (χ1v) is 8.31. The maximum atomic E-state index is 3.66. The summed E-state index contributed by atoms with van der Waals surface area (Å²) in [6, 6.07) is 0.631. The van der Waals surface area contributed by atoms with E-state index in [1.165, 1.54) is 44.9 Å². The Morgan fingerprint density at radius 3 is 2.53 bits per heavy atom. The number of hydrogen-bond acceptors (Lipinski definition) is 2. The molecule has 0 amide bonds. The van der Waals surface area contributed by atoms with Gasteiger partial charge in [0.1, 0.15) is 0 Å². The quantitative estimate of drug-likeness (QED) is 0.753. The van der Waals surface area contributed by atoms with Crippen LogP contribution >= 0.6 is 0 Å². The van der Waals surface area contributed by atoms with Crippen molar-refractivity contribution in [2.24, 2.45) is 11.8 Å². The maximum absolute atomic E-state index is 3.66. The molecule has 0 radical (unpaired) electrons. The zero-order valence-electron chi connectivity index (χ0n) is 14.1. The van der Waals surface area contributed by atoms with Gasteiger partial charge >= 0.3 is 0 Å². The SMILES string of the molecule is CCCC(C)CC(NC)C1(N(C)C)CCCC(C)C1. The van der Waals surface area contributed by atoms with Gasteiger partial charge in [-0.15, -0.1) is 0 Å². The number of nitrogens with one attached hydrogen (secondary N) is 1. The van der Waals surface area contributed by atoms with Crippen molar-refractivity contribution in [3.05, 3.63) is 0 Å². The van der Waals surface area contributed by atoms with Gasteiger partial charge in [0, 0.05) is 11.6 Å². The van der Waals surface area contributed by atoms with E-state index in [0.29, 0.717) is 11.6 Å². The molecule has 0 aromatic heterocycles. The Labute approximate surface area is 121 Å². The van der Waals surface area contributed by atoms with Crippen molar-refractivity contribution in [3.63, 3.8) is 0 Å². The van der Waals surface area contributed by atoms with Crippen molar-refractivity contribution in [2.75, 3.05) is 21.1 Å². The van der Waals surface area contributed by atoms with Crippen LogP contribution in [-0.2, 0) is 0 Å². The standard InChI is InChI=1S/C17H36N2/c1-7-9-14(2)12-16(18-4)17(19(5)6)11-8-10-15(3)13-17/h14-16,18H,7-13H2,1-6H3. The van der Waals surface area contributed by atoms with Crippen LogP contribution in [0.5, 0.6) is 0 Å². The van der Waals surface area contributed by atoms with Crippen molar-refractivity contribution in [2.45, 2.75) is 77.3 Å². The Morgan fingerprint density at radius 2 is 2.05 bits per heavy atom. The smallest absolute Gasteiger partial charge is 0.0358 e. The molecule has 1 fully saturated rings. The minimum Gasteiger partial charge on any atom is -0.315 e. The predicted octanol–water partition coefficient (Wildman–Crippen LogP) is 3.91. The first-order valence-electron chi connectivity index (χ1n) is 8.31. The Balaban J connectivity index is 2.82. The van der Waals surface area contributed by atoms with Crippen LogP contribution in [-0.4, -0.2) is 37.6 Å². The summed E-state index contributed by atoms with van der Waals surface area (Å²) in [5.41, 5.74) is 0.369. The number of hydrogen-bond donors (Lipinski definition) is 1. The lowest BCUT2D eigenvalue weighted by Crippen LogP contribution is -2.60. The van der Waals surface area contributed by atoms with Crippen LogP contribution < -0.4 is 5.32 Å². The summed E-state index contributed by atoms with van der Waals surface area (Å²) in [5.74, 6) is 1.70. The first-order chi connectivity index (χ1) is 8.96. The van der Waals surface area contributed by atoms with E-state index in [1.54, 1.807) is 0 Å². The molecule has 1 aliphatic rings. The van der Waals surface area contributed by atoms with Crippen molar-refractivity contribution in [1.29, 1.82) is 0 Å². The molecule has 2 heteroatoms. The fraction of sp³-hybridized carbons (Fsp3) is 1.00. The summed E-state index contributed by atoms with van der Waals surface area (Å²) in [4.78, 5) is 2.52. The van der Waals surface area contributed by atoms with Gasteiger partial charge in [-0.3, -0.25) is 0 Å². The summed E-state index contributed by atoms with van der Waals surface area (Å²) >= 11 is 0. The molecule has 0 saturated heterocycles. The zero-order chi connectivity index (χ0) is 14.5. The molecule has 0 spiro atoms. The third-order valence-electron chi connectivity index (χ3n) is 5.32. The van der Waals surface area contributed by atoms with E-state index in [4.69, 9.17) is 0 Å². The van der Waals surface area contributed by atoms with E-state index in [9.17, 15) is 0 Å². The fourth-order valence-electron chi connectivity index (χ4n) is 4.22. The predicted molar refractivity (Wildman–Crippen MR) is 85.6 cm³/mol. The molecule has 19 heavy (non-hydrogen) atoms. The van der Waals surface area contributed by atoms with Crippen molar-refractivity contribution >= 4 is 0 Å². The molecule has 114 valence electrons. The van der Waals surface area contributed by atoms with E-state index in [1.807, 2.05) is 0 Å². The van der Waals surface area contributed by atoms with Crippen LogP contribution in [0.4, 0.5) is 0 Å². The zero-order valence-corrected chi connectivity index (χ0v) is 14.1. The highest BCUT2D eigenvalue weighted by molar-refractivity contribution is 5.01. The van der Waals surface area contributed by atoms with E-state index in [0.717, 1.165) is 11.8 Å². The highest BCUT2D eigenvalue weighted by atomic mass is 15.2. The van der Waals surface area contributed by atoms with Crippen molar-refractivity contribution in [3.8, 4) is 0 Å². The number of likely N-dealkylation sites (N-methyl/N-ethyl adjacent to an activating group) is 2. The average Bonchev–Trinajstić information content (AvgIpc) is 2.35. The highest BCUT2D eigenvalue weighted by Crippen LogP contribution is 2.40. The second-order valence-corrected chi connectivity index (χ2v) is 7.17. The van der Waals surface area contributed by atoms with Gasteiger partial charge in [0.15, 0.2) is 0 Å². The topological polar surface area (TPSA) is 15.3 Å². The lowest BCUT2D eigenvalue weighted by Gasteiger charge is -2.51. The van der Waals surface area contributed by atoms with E-state index >= 15 is 0 Å². The van der Waals surface area contributed by atoms with Gasteiger partial charge in [-0.25, -0.2) is 0 Å². The van der Waals surface area contributed by atoms with Crippen molar-refractivity contribution < 1.29 is 0 Å². The van der Waals surface area contributed by atoms with Gasteiger partial charge in [0.2, 0.25) is 0 Å². The van der Waals surface area contributed by atoms with E-state index in [2.05, 4.69) is 52.1 Å². The minimum atomic E-state index is 0.369. The molecule has 4 atom stereocenters. The summed E-state index contributed by atoms with van der Waals surface area (Å²) in [6.07, 6.45) is 9.49.